The Morgan fingerprint density at radius 3 is 2.90 bits per heavy atom. The van der Waals surface area contributed by atoms with Gasteiger partial charge in [0, 0.05) is 40.9 Å². The predicted molar refractivity (Wildman–Crippen MR) is 118 cm³/mol. The molecule has 1 atom stereocenters. The molecular formula is C24H27N3O2. The maximum absolute atomic E-state index is 10.8. The minimum atomic E-state index is 0.140. The zero-order valence-corrected chi connectivity index (χ0v) is 17.0. The molecule has 5 heteroatoms. The quantitative estimate of drug-likeness (QED) is 0.383. The highest BCUT2D eigenvalue weighted by Crippen LogP contribution is 2.33. The molecule has 3 rings (SSSR count). The lowest BCUT2D eigenvalue weighted by Crippen LogP contribution is -2.21. The fourth-order valence-corrected chi connectivity index (χ4v) is 3.60. The Labute approximate surface area is 171 Å². The molecule has 1 unspecified atom stereocenters. The molecule has 3 aromatic rings. The molecule has 0 saturated carbocycles. The van der Waals surface area contributed by atoms with Gasteiger partial charge in [0.05, 0.1) is 5.52 Å². The van der Waals surface area contributed by atoms with Gasteiger partial charge >= 0.3 is 0 Å². The summed E-state index contributed by atoms with van der Waals surface area (Å²) in [5, 5.41) is 3.85. The number of fused-ring (bicyclic) bond motifs is 1. The number of pyridine rings is 1. The number of nitrogens with zero attached hydrogens (tertiary/aromatic N) is 1. The number of aromatic amines is 1. The molecule has 5 nitrogen and oxygen atoms in total. The van der Waals surface area contributed by atoms with Crippen LogP contribution < -0.4 is 10.1 Å². The Morgan fingerprint density at radius 1 is 1.34 bits per heavy atom. The third kappa shape index (κ3) is 4.74. The molecule has 0 fully saturated rings. The Morgan fingerprint density at radius 2 is 2.17 bits per heavy atom. The van der Waals surface area contributed by atoms with E-state index in [1.165, 1.54) is 0 Å². The highest BCUT2D eigenvalue weighted by molar-refractivity contribution is 5.93. The smallest absolute Gasteiger partial charge is 0.214 e. The summed E-state index contributed by atoms with van der Waals surface area (Å²) in [5.41, 5.74) is 6.22. The van der Waals surface area contributed by atoms with Gasteiger partial charge < -0.3 is 15.0 Å². The maximum Gasteiger partial charge on any atom is 0.214 e. The zero-order valence-electron chi connectivity index (χ0n) is 17.0. The first-order valence-electron chi connectivity index (χ1n) is 9.68. The number of para-hydroxylation sites is 1. The minimum Gasteiger partial charge on any atom is -0.473 e. The van der Waals surface area contributed by atoms with Gasteiger partial charge in [-0.1, -0.05) is 36.4 Å². The summed E-state index contributed by atoms with van der Waals surface area (Å²) in [5.74, 6) is 0.713. The number of amides is 1. The van der Waals surface area contributed by atoms with Crippen LogP contribution in [0.1, 0.15) is 30.5 Å². The molecule has 0 radical (unpaired) electrons. The fraction of sp³-hybridized carbons (Fsp3) is 0.250. The molecule has 0 spiro atoms. The zero-order chi connectivity index (χ0) is 20.8. The van der Waals surface area contributed by atoms with Gasteiger partial charge in [0.25, 0.3) is 0 Å². The van der Waals surface area contributed by atoms with Crippen molar-refractivity contribution < 1.29 is 9.53 Å². The van der Waals surface area contributed by atoms with Gasteiger partial charge in [-0.2, -0.15) is 0 Å². The number of rotatable bonds is 10. The minimum absolute atomic E-state index is 0.140. The molecule has 2 heterocycles. The number of hydrogen-bond donors (Lipinski definition) is 2. The summed E-state index contributed by atoms with van der Waals surface area (Å²) in [4.78, 5) is 19.1. The predicted octanol–water partition coefficient (Wildman–Crippen LogP) is 4.90. The van der Waals surface area contributed by atoms with Crippen LogP contribution in [0.25, 0.3) is 22.2 Å². The Kier molecular flexibility index (Phi) is 6.50. The number of benzene rings is 1. The van der Waals surface area contributed by atoms with Gasteiger partial charge in [0.15, 0.2) is 0 Å². The number of H-pyrrole nitrogens is 1. The number of aromatic nitrogens is 2. The van der Waals surface area contributed by atoms with Crippen molar-refractivity contribution in [2.24, 2.45) is 0 Å². The fourth-order valence-electron chi connectivity index (χ4n) is 3.60. The molecule has 0 aliphatic heterocycles. The number of nitrogens with one attached hydrogen (secondary N) is 2. The molecule has 150 valence electrons. The lowest BCUT2D eigenvalue weighted by atomic mass is 9.95. The number of carbonyl (C=O) groups is 1. The molecule has 1 amide bonds. The Balaban J connectivity index is 2.03. The summed E-state index contributed by atoms with van der Waals surface area (Å²) in [6.07, 6.45) is 3.24. The van der Waals surface area contributed by atoms with Gasteiger partial charge in [0.1, 0.15) is 6.61 Å². The average Bonchev–Trinajstić information content (AvgIpc) is 3.10. The third-order valence-electron chi connectivity index (χ3n) is 4.84. The molecule has 0 aliphatic carbocycles. The van der Waals surface area contributed by atoms with Crippen LogP contribution >= 0.6 is 0 Å². The van der Waals surface area contributed by atoms with Crippen molar-refractivity contribution in [2.45, 2.75) is 26.2 Å². The van der Waals surface area contributed by atoms with E-state index in [-0.39, 0.29) is 5.92 Å². The summed E-state index contributed by atoms with van der Waals surface area (Å²) in [6.45, 7) is 12.8. The Hall–Kier alpha value is -3.34. The highest BCUT2D eigenvalue weighted by atomic mass is 16.5. The highest BCUT2D eigenvalue weighted by Gasteiger charge is 2.18. The number of allylic oxidation sites excluding steroid dienone is 1. The summed E-state index contributed by atoms with van der Waals surface area (Å²) >= 11 is 0. The second kappa shape index (κ2) is 9.24. The van der Waals surface area contributed by atoms with Crippen LogP contribution in [0, 0.1) is 6.92 Å². The number of hydrogen-bond acceptors (Lipinski definition) is 3. The molecule has 0 bridgehead atoms. The first-order chi connectivity index (χ1) is 14.0. The van der Waals surface area contributed by atoms with Crippen LogP contribution in [-0.4, -0.2) is 29.5 Å². The normalized spacial score (nSPS) is 11.8. The van der Waals surface area contributed by atoms with Crippen LogP contribution in [0.3, 0.4) is 0 Å². The van der Waals surface area contributed by atoms with Crippen molar-refractivity contribution in [1.82, 2.24) is 15.3 Å². The molecule has 0 saturated heterocycles. The van der Waals surface area contributed by atoms with Crippen LogP contribution in [0.4, 0.5) is 0 Å². The van der Waals surface area contributed by atoms with E-state index in [4.69, 9.17) is 9.72 Å². The van der Waals surface area contributed by atoms with Crippen LogP contribution in [0.2, 0.25) is 0 Å². The SMILES string of the molecule is C=CCOc1ccc2cccc(-c3cc(C)c(C(CNC=O)CC(=C)C)[nH]3)c2n1. The molecule has 0 aliphatic rings. The van der Waals surface area contributed by atoms with Crippen molar-refractivity contribution in [3.8, 4) is 17.1 Å². The van der Waals surface area contributed by atoms with E-state index < -0.39 is 0 Å². The van der Waals surface area contributed by atoms with Gasteiger partial charge in [0.2, 0.25) is 12.3 Å². The monoisotopic (exact) mass is 389 g/mol. The number of aryl methyl sites for hydroxylation is 1. The molecule has 29 heavy (non-hydrogen) atoms. The van der Waals surface area contributed by atoms with E-state index >= 15 is 0 Å². The molecule has 2 N–H and O–H groups in total. The van der Waals surface area contributed by atoms with E-state index in [0.717, 1.165) is 51.8 Å². The van der Waals surface area contributed by atoms with Crippen molar-refractivity contribution in [2.75, 3.05) is 13.2 Å². The summed E-state index contributed by atoms with van der Waals surface area (Å²) < 4.78 is 5.62. The topological polar surface area (TPSA) is 67.0 Å². The standard InChI is InChI=1S/C24H27N3O2/c1-5-11-29-22-10-9-18-7-6-8-20(24(18)27-22)21-13-17(4)23(26-21)19(12-16(2)3)14-25-15-28/h5-10,13,15,19,26H,1-2,11-12,14H2,3-4H3,(H,25,28). The number of ether oxygens (including phenoxy) is 1. The lowest BCUT2D eigenvalue weighted by Gasteiger charge is -2.16. The molecular weight excluding hydrogens is 362 g/mol. The van der Waals surface area contributed by atoms with E-state index in [9.17, 15) is 4.79 Å². The van der Waals surface area contributed by atoms with Crippen LogP contribution in [-0.2, 0) is 4.79 Å². The first-order valence-corrected chi connectivity index (χ1v) is 9.68. The largest absolute Gasteiger partial charge is 0.473 e. The van der Waals surface area contributed by atoms with Crippen molar-refractivity contribution in [1.29, 1.82) is 0 Å². The second-order valence-electron chi connectivity index (χ2n) is 7.29. The average molecular weight is 389 g/mol. The van der Waals surface area contributed by atoms with E-state index in [1.54, 1.807) is 6.08 Å². The summed E-state index contributed by atoms with van der Waals surface area (Å²) in [6, 6.07) is 12.1. The second-order valence-corrected chi connectivity index (χ2v) is 7.29. The first kappa shape index (κ1) is 20.4. The van der Waals surface area contributed by atoms with E-state index in [1.807, 2.05) is 31.2 Å². The van der Waals surface area contributed by atoms with E-state index in [2.05, 4.69) is 42.5 Å². The number of carbonyl (C=O) groups excluding carboxylic acids is 1. The van der Waals surface area contributed by atoms with Gasteiger partial charge in [-0.15, -0.1) is 6.58 Å². The maximum atomic E-state index is 10.8. The van der Waals surface area contributed by atoms with Crippen molar-refractivity contribution in [3.63, 3.8) is 0 Å². The van der Waals surface area contributed by atoms with Crippen LogP contribution in [0.15, 0.2) is 61.2 Å². The van der Waals surface area contributed by atoms with Crippen LogP contribution in [0.5, 0.6) is 5.88 Å². The molecule has 2 aromatic heterocycles. The van der Waals surface area contributed by atoms with Gasteiger partial charge in [-0.3, -0.25) is 4.79 Å². The van der Waals surface area contributed by atoms with Gasteiger partial charge in [-0.25, -0.2) is 4.98 Å². The lowest BCUT2D eigenvalue weighted by molar-refractivity contribution is -0.109. The van der Waals surface area contributed by atoms with Crippen molar-refractivity contribution in [3.05, 3.63) is 72.5 Å². The summed E-state index contributed by atoms with van der Waals surface area (Å²) in [7, 11) is 0. The van der Waals surface area contributed by atoms with E-state index in [0.29, 0.717) is 19.0 Å². The molecule has 1 aromatic carbocycles. The van der Waals surface area contributed by atoms with Gasteiger partial charge in [-0.05, 0) is 38.0 Å². The third-order valence-corrected chi connectivity index (χ3v) is 4.84. The Bertz CT molecular complexity index is 1040. The van der Waals surface area contributed by atoms with Crippen molar-refractivity contribution >= 4 is 17.3 Å².